The van der Waals surface area contributed by atoms with Gasteiger partial charge in [0.15, 0.2) is 5.82 Å². The van der Waals surface area contributed by atoms with Crippen molar-refractivity contribution >= 4 is 50.1 Å². The topological polar surface area (TPSA) is 134 Å². The van der Waals surface area contributed by atoms with Crippen molar-refractivity contribution in [3.8, 4) is 11.4 Å². The lowest BCUT2D eigenvalue weighted by Gasteiger charge is -2.22. The van der Waals surface area contributed by atoms with E-state index in [0.29, 0.717) is 28.6 Å². The van der Waals surface area contributed by atoms with Gasteiger partial charge in [-0.3, -0.25) is 9.52 Å². The Morgan fingerprint density at radius 2 is 1.73 bits per heavy atom. The molecule has 12 heteroatoms. The normalized spacial score (nSPS) is 14.2. The van der Waals surface area contributed by atoms with E-state index in [1.807, 2.05) is 33.8 Å². The maximum absolute atomic E-state index is 12.1. The zero-order valence-corrected chi connectivity index (χ0v) is 25.0. The number of aromatic nitrogens is 3. The van der Waals surface area contributed by atoms with Crippen LogP contribution in [0.4, 0.5) is 22.7 Å². The van der Waals surface area contributed by atoms with Crippen molar-refractivity contribution in [2.75, 3.05) is 34.3 Å². The monoisotopic (exact) mass is 564 g/mol. The summed E-state index contributed by atoms with van der Waals surface area (Å²) in [6, 6.07) is 11.0. The van der Waals surface area contributed by atoms with Gasteiger partial charge in [-0.05, 0) is 62.7 Å². The molecule has 2 heterocycles. The number of hydrogen-bond donors (Lipinski definition) is 2. The Kier molecular flexibility index (Phi) is 7.84. The predicted molar refractivity (Wildman–Crippen MR) is 161 cm³/mol. The Balaban J connectivity index is 1.88. The Morgan fingerprint density at radius 1 is 1.05 bits per heavy atom. The highest BCUT2D eigenvalue weighted by molar-refractivity contribution is 7.92. The van der Waals surface area contributed by atoms with E-state index in [-0.39, 0.29) is 17.0 Å². The van der Waals surface area contributed by atoms with Gasteiger partial charge < -0.3 is 10.2 Å². The fourth-order valence-electron chi connectivity index (χ4n) is 4.52. The quantitative estimate of drug-likeness (QED) is 0.403. The number of carbonyl (C=O) groups excluding carboxylic acids is 1. The molecule has 1 aromatic heterocycles. The number of aliphatic imine (C=N–C) groups is 1. The summed E-state index contributed by atoms with van der Waals surface area (Å²) in [6.45, 7) is 15.7. The lowest BCUT2D eigenvalue weighted by molar-refractivity contribution is -0.114. The number of rotatable bonds is 8. The van der Waals surface area contributed by atoms with Crippen molar-refractivity contribution < 1.29 is 13.2 Å². The smallest absolute Gasteiger partial charge is 0.229 e. The van der Waals surface area contributed by atoms with Gasteiger partial charge in [-0.1, -0.05) is 20.8 Å². The number of anilines is 3. The number of nitrogens with zero attached hydrogens (tertiary/aromatic N) is 6. The third-order valence-electron chi connectivity index (χ3n) is 6.40. The molecule has 40 heavy (non-hydrogen) atoms. The Labute approximate surface area is 235 Å². The third kappa shape index (κ3) is 6.06. The Morgan fingerprint density at radius 3 is 2.30 bits per heavy atom. The molecule has 0 fully saturated rings. The van der Waals surface area contributed by atoms with Crippen LogP contribution in [-0.4, -0.2) is 60.0 Å². The molecule has 0 spiro atoms. The Hall–Kier alpha value is -4.06. The molecule has 1 amide bonds. The summed E-state index contributed by atoms with van der Waals surface area (Å²) in [6.07, 6.45) is 1.07. The molecule has 11 nitrogen and oxygen atoms in total. The second kappa shape index (κ2) is 10.8. The van der Waals surface area contributed by atoms with Crippen LogP contribution in [0.25, 0.3) is 11.4 Å². The zero-order chi connectivity index (χ0) is 29.4. The van der Waals surface area contributed by atoms with Crippen molar-refractivity contribution in [1.29, 1.82) is 0 Å². The van der Waals surface area contributed by atoms with Gasteiger partial charge in [-0.15, -0.1) is 10.2 Å². The minimum Gasteiger partial charge on any atom is -0.372 e. The SMILES string of the molecule is CCN(CC)c1ccc(N=C2C(C(C)(C)C)=Nn3c2nnc3-c2cc(NC(C)=O)ccc2NS(C)(=O)=O)c(C)c1. The average Bonchev–Trinajstić information content (AvgIpc) is 3.41. The standard InChI is InChI=1S/C28H36N8O3S/c1-9-35(10-2)20-12-14-22(17(3)15-20)30-24-25(28(5,6)7)33-36-26(31-32-27(24)36)21-16-19(29-18(4)37)11-13-23(21)34-40(8,38)39/h11-16,34H,9-10H2,1-8H3,(H,29,37). The molecule has 3 aromatic rings. The van der Waals surface area contributed by atoms with Crippen molar-refractivity contribution in [1.82, 2.24) is 14.9 Å². The van der Waals surface area contributed by atoms with Gasteiger partial charge in [-0.25, -0.2) is 13.4 Å². The van der Waals surface area contributed by atoms with Gasteiger partial charge >= 0.3 is 0 Å². The molecule has 0 bridgehead atoms. The summed E-state index contributed by atoms with van der Waals surface area (Å²) < 4.78 is 28.4. The van der Waals surface area contributed by atoms with Crippen LogP contribution >= 0.6 is 0 Å². The molecule has 0 atom stereocenters. The number of sulfonamides is 1. The second-order valence-electron chi connectivity index (χ2n) is 10.8. The highest BCUT2D eigenvalue weighted by atomic mass is 32.2. The molecule has 0 radical (unpaired) electrons. The molecular weight excluding hydrogens is 528 g/mol. The molecule has 0 unspecified atom stereocenters. The highest BCUT2D eigenvalue weighted by Gasteiger charge is 2.36. The van der Waals surface area contributed by atoms with Crippen molar-refractivity contribution in [2.45, 2.75) is 48.5 Å². The molecule has 2 aromatic carbocycles. The van der Waals surface area contributed by atoms with Gasteiger partial charge in [0.1, 0.15) is 5.71 Å². The van der Waals surface area contributed by atoms with E-state index < -0.39 is 10.0 Å². The average molecular weight is 565 g/mol. The van der Waals surface area contributed by atoms with E-state index in [4.69, 9.17) is 10.1 Å². The molecule has 0 saturated carbocycles. The fourth-order valence-corrected chi connectivity index (χ4v) is 5.10. The van der Waals surface area contributed by atoms with E-state index in [9.17, 15) is 13.2 Å². The minimum absolute atomic E-state index is 0.258. The van der Waals surface area contributed by atoms with E-state index in [0.717, 1.165) is 42.0 Å². The van der Waals surface area contributed by atoms with E-state index >= 15 is 0 Å². The first kappa shape index (κ1) is 28.9. The minimum atomic E-state index is -3.60. The molecule has 2 N–H and O–H groups in total. The lowest BCUT2D eigenvalue weighted by atomic mass is 9.87. The lowest BCUT2D eigenvalue weighted by Crippen LogP contribution is -2.27. The van der Waals surface area contributed by atoms with E-state index in [1.165, 1.54) is 6.92 Å². The molecule has 0 saturated heterocycles. The summed E-state index contributed by atoms with van der Waals surface area (Å²) in [7, 11) is -3.60. The Bertz CT molecular complexity index is 1630. The summed E-state index contributed by atoms with van der Waals surface area (Å²) in [5.74, 6) is 0.502. The molecule has 0 aliphatic carbocycles. The molecular formula is C28H36N8O3S. The second-order valence-corrected chi connectivity index (χ2v) is 12.5. The van der Waals surface area contributed by atoms with Crippen molar-refractivity contribution in [3.63, 3.8) is 0 Å². The first-order valence-electron chi connectivity index (χ1n) is 13.1. The van der Waals surface area contributed by atoms with Crippen LogP contribution in [0.1, 0.15) is 52.9 Å². The third-order valence-corrected chi connectivity index (χ3v) is 7.00. The number of fused-ring (bicyclic) bond motifs is 1. The fraction of sp³-hybridized carbons (Fsp3) is 0.393. The molecule has 212 valence electrons. The number of benzene rings is 2. The molecule has 4 rings (SSSR count). The number of carbonyl (C=O) groups is 1. The maximum atomic E-state index is 12.1. The number of amides is 1. The number of aryl methyl sites for hydroxylation is 1. The van der Waals surface area contributed by atoms with Gasteiger partial charge in [0.2, 0.25) is 21.8 Å². The van der Waals surface area contributed by atoms with Gasteiger partial charge in [0.05, 0.1) is 23.3 Å². The van der Waals surface area contributed by atoms with Crippen molar-refractivity contribution in [2.24, 2.45) is 15.5 Å². The number of hydrogen-bond acceptors (Lipinski definition) is 8. The van der Waals surface area contributed by atoms with E-state index in [1.54, 1.807) is 22.9 Å². The van der Waals surface area contributed by atoms with Crippen LogP contribution < -0.4 is 14.9 Å². The maximum Gasteiger partial charge on any atom is 0.229 e. The summed E-state index contributed by atoms with van der Waals surface area (Å²) in [5, 5.41) is 16.4. The first-order chi connectivity index (χ1) is 18.7. The van der Waals surface area contributed by atoms with Crippen LogP contribution in [0.2, 0.25) is 0 Å². The van der Waals surface area contributed by atoms with Gasteiger partial charge in [-0.2, -0.15) is 9.78 Å². The highest BCUT2D eigenvalue weighted by Crippen LogP contribution is 2.35. The molecule has 1 aliphatic heterocycles. The van der Waals surface area contributed by atoms with Crippen LogP contribution in [-0.2, 0) is 14.8 Å². The molecule has 1 aliphatic rings. The zero-order valence-electron chi connectivity index (χ0n) is 24.2. The number of nitrogens with one attached hydrogen (secondary N) is 2. The van der Waals surface area contributed by atoms with Gasteiger partial charge in [0.25, 0.3) is 0 Å². The van der Waals surface area contributed by atoms with Crippen LogP contribution in [0.5, 0.6) is 0 Å². The van der Waals surface area contributed by atoms with E-state index in [2.05, 4.69) is 51.1 Å². The van der Waals surface area contributed by atoms with Crippen LogP contribution in [0.15, 0.2) is 46.5 Å². The largest absolute Gasteiger partial charge is 0.372 e. The predicted octanol–water partition coefficient (Wildman–Crippen LogP) is 4.81. The first-order valence-corrected chi connectivity index (χ1v) is 15.0. The summed E-state index contributed by atoms with van der Waals surface area (Å²) in [5.41, 5.74) is 5.08. The summed E-state index contributed by atoms with van der Waals surface area (Å²) in [4.78, 5) is 19.0. The van der Waals surface area contributed by atoms with Gasteiger partial charge in [0, 0.05) is 42.4 Å². The van der Waals surface area contributed by atoms with Crippen LogP contribution in [0.3, 0.4) is 0 Å². The van der Waals surface area contributed by atoms with Crippen LogP contribution in [0, 0.1) is 12.3 Å². The summed E-state index contributed by atoms with van der Waals surface area (Å²) >= 11 is 0. The van der Waals surface area contributed by atoms with Crippen molar-refractivity contribution in [3.05, 3.63) is 47.8 Å².